The lowest BCUT2D eigenvalue weighted by molar-refractivity contribution is -0.117. The smallest absolute Gasteiger partial charge is 0.251 e. The molecule has 1 atom stereocenters. The molecule has 134 valence electrons. The lowest BCUT2D eigenvalue weighted by Gasteiger charge is -2.17. The van der Waals surface area contributed by atoms with E-state index in [0.717, 1.165) is 30.0 Å². The molecule has 2 aliphatic rings. The standard InChI is InChI=1S/C20H20N2O4/c1-13(15-6-9-17-18(11-15)26-12-25-17)21-20(24)14-4-7-16(8-5-14)22-10-2-3-19(22)23/h4-9,11,13H,2-3,10,12H2,1H3,(H,21,24). The van der Waals surface area contributed by atoms with Gasteiger partial charge in [0.1, 0.15) is 0 Å². The third-order valence-electron chi connectivity index (χ3n) is 4.76. The number of hydrogen-bond donors (Lipinski definition) is 1. The Hall–Kier alpha value is -3.02. The van der Waals surface area contributed by atoms with Crippen LogP contribution in [0.15, 0.2) is 42.5 Å². The second-order valence-corrected chi connectivity index (χ2v) is 6.50. The molecule has 1 N–H and O–H groups in total. The van der Waals surface area contributed by atoms with E-state index in [9.17, 15) is 9.59 Å². The van der Waals surface area contributed by atoms with Gasteiger partial charge in [0.05, 0.1) is 6.04 Å². The van der Waals surface area contributed by atoms with E-state index in [4.69, 9.17) is 9.47 Å². The number of rotatable bonds is 4. The van der Waals surface area contributed by atoms with Crippen LogP contribution in [0.4, 0.5) is 5.69 Å². The SMILES string of the molecule is CC(NC(=O)c1ccc(N2CCCC2=O)cc1)c1ccc2c(c1)OCO2. The highest BCUT2D eigenvalue weighted by Gasteiger charge is 2.22. The number of benzene rings is 2. The van der Waals surface area contributed by atoms with Gasteiger partial charge < -0.3 is 19.7 Å². The van der Waals surface area contributed by atoms with Gasteiger partial charge in [0.2, 0.25) is 12.7 Å². The second kappa shape index (κ2) is 6.71. The van der Waals surface area contributed by atoms with E-state index >= 15 is 0 Å². The van der Waals surface area contributed by atoms with E-state index in [2.05, 4.69) is 5.32 Å². The third kappa shape index (κ3) is 3.10. The monoisotopic (exact) mass is 352 g/mol. The minimum absolute atomic E-state index is 0.138. The van der Waals surface area contributed by atoms with Crippen LogP contribution in [0.25, 0.3) is 0 Å². The number of carbonyl (C=O) groups excluding carboxylic acids is 2. The van der Waals surface area contributed by atoms with Crippen molar-refractivity contribution >= 4 is 17.5 Å². The molecule has 1 fully saturated rings. The van der Waals surface area contributed by atoms with Crippen molar-refractivity contribution in [3.63, 3.8) is 0 Å². The van der Waals surface area contributed by atoms with Gasteiger partial charge in [0.15, 0.2) is 11.5 Å². The Kier molecular flexibility index (Phi) is 4.24. The molecule has 2 aliphatic heterocycles. The molecule has 0 bridgehead atoms. The fraction of sp³-hybridized carbons (Fsp3) is 0.300. The Morgan fingerprint density at radius 1 is 1.12 bits per heavy atom. The first-order valence-corrected chi connectivity index (χ1v) is 8.72. The normalized spacial score (nSPS) is 16.7. The van der Waals surface area contributed by atoms with E-state index < -0.39 is 0 Å². The van der Waals surface area contributed by atoms with Crippen molar-refractivity contribution in [2.45, 2.75) is 25.8 Å². The first kappa shape index (κ1) is 16.4. The zero-order valence-corrected chi connectivity index (χ0v) is 14.5. The first-order valence-electron chi connectivity index (χ1n) is 8.72. The van der Waals surface area contributed by atoms with Gasteiger partial charge in [0.25, 0.3) is 5.91 Å². The molecule has 6 nitrogen and oxygen atoms in total. The Balaban J connectivity index is 1.43. The summed E-state index contributed by atoms with van der Waals surface area (Å²) in [5.41, 5.74) is 2.35. The zero-order chi connectivity index (χ0) is 18.1. The van der Waals surface area contributed by atoms with E-state index in [1.165, 1.54) is 0 Å². The molecule has 2 aromatic carbocycles. The number of carbonyl (C=O) groups is 2. The minimum Gasteiger partial charge on any atom is -0.454 e. The average molecular weight is 352 g/mol. The summed E-state index contributed by atoms with van der Waals surface area (Å²) in [6.45, 7) is 2.89. The average Bonchev–Trinajstić information content (AvgIpc) is 3.29. The Labute approximate surface area is 151 Å². The Morgan fingerprint density at radius 2 is 1.88 bits per heavy atom. The molecule has 0 aromatic heterocycles. The molecule has 0 spiro atoms. The van der Waals surface area contributed by atoms with Crippen LogP contribution in [0.5, 0.6) is 11.5 Å². The highest BCUT2D eigenvalue weighted by molar-refractivity contribution is 5.97. The van der Waals surface area contributed by atoms with Crippen LogP contribution < -0.4 is 19.7 Å². The number of ether oxygens (including phenoxy) is 2. The summed E-state index contributed by atoms with van der Waals surface area (Å²) in [6.07, 6.45) is 1.48. The molecule has 6 heteroatoms. The molecule has 1 unspecified atom stereocenters. The zero-order valence-electron chi connectivity index (χ0n) is 14.5. The molecule has 0 radical (unpaired) electrons. The van der Waals surface area contributed by atoms with Gasteiger partial charge >= 0.3 is 0 Å². The summed E-state index contributed by atoms with van der Waals surface area (Å²) in [6, 6.07) is 12.6. The van der Waals surface area contributed by atoms with Gasteiger partial charge in [0, 0.05) is 24.2 Å². The number of fused-ring (bicyclic) bond motifs is 1. The van der Waals surface area contributed by atoms with E-state index in [1.54, 1.807) is 17.0 Å². The summed E-state index contributed by atoms with van der Waals surface area (Å²) < 4.78 is 10.7. The molecular formula is C20H20N2O4. The Morgan fingerprint density at radius 3 is 2.62 bits per heavy atom. The third-order valence-corrected chi connectivity index (χ3v) is 4.76. The molecular weight excluding hydrogens is 332 g/mol. The molecule has 2 aromatic rings. The fourth-order valence-electron chi connectivity index (χ4n) is 3.26. The molecule has 2 amide bonds. The molecule has 2 heterocycles. The molecule has 0 aliphatic carbocycles. The van der Waals surface area contributed by atoms with Crippen molar-refractivity contribution in [2.24, 2.45) is 0 Å². The van der Waals surface area contributed by atoms with Gasteiger partial charge in [-0.15, -0.1) is 0 Å². The summed E-state index contributed by atoms with van der Waals surface area (Å²) in [5, 5.41) is 2.99. The number of nitrogens with one attached hydrogen (secondary N) is 1. The number of amides is 2. The van der Waals surface area contributed by atoms with Crippen LogP contribution in [0.3, 0.4) is 0 Å². The van der Waals surface area contributed by atoms with E-state index in [1.807, 2.05) is 37.3 Å². The van der Waals surface area contributed by atoms with Gasteiger partial charge in [-0.1, -0.05) is 6.07 Å². The van der Waals surface area contributed by atoms with Crippen LogP contribution in [0.2, 0.25) is 0 Å². The van der Waals surface area contributed by atoms with Gasteiger partial charge in [-0.05, 0) is 55.3 Å². The van der Waals surface area contributed by atoms with Crippen molar-refractivity contribution in [2.75, 3.05) is 18.2 Å². The predicted molar refractivity (Wildman–Crippen MR) is 96.5 cm³/mol. The number of hydrogen-bond acceptors (Lipinski definition) is 4. The van der Waals surface area contributed by atoms with Crippen molar-refractivity contribution in [1.29, 1.82) is 0 Å². The van der Waals surface area contributed by atoms with Crippen molar-refractivity contribution < 1.29 is 19.1 Å². The maximum absolute atomic E-state index is 12.5. The summed E-state index contributed by atoms with van der Waals surface area (Å²) in [7, 11) is 0. The lowest BCUT2D eigenvalue weighted by Crippen LogP contribution is -2.27. The van der Waals surface area contributed by atoms with Crippen LogP contribution in [-0.4, -0.2) is 25.2 Å². The maximum Gasteiger partial charge on any atom is 0.251 e. The van der Waals surface area contributed by atoms with Crippen LogP contribution in [0.1, 0.15) is 41.7 Å². The maximum atomic E-state index is 12.5. The predicted octanol–water partition coefficient (Wildman–Crippen LogP) is 3.03. The highest BCUT2D eigenvalue weighted by Crippen LogP contribution is 2.34. The van der Waals surface area contributed by atoms with Crippen molar-refractivity contribution in [1.82, 2.24) is 5.32 Å². The lowest BCUT2D eigenvalue weighted by atomic mass is 10.1. The molecule has 1 saturated heterocycles. The van der Waals surface area contributed by atoms with Gasteiger partial charge in [-0.25, -0.2) is 0 Å². The Bertz CT molecular complexity index is 847. The van der Waals surface area contributed by atoms with E-state index in [0.29, 0.717) is 17.7 Å². The highest BCUT2D eigenvalue weighted by atomic mass is 16.7. The van der Waals surface area contributed by atoms with Crippen molar-refractivity contribution in [3.05, 3.63) is 53.6 Å². The van der Waals surface area contributed by atoms with Crippen LogP contribution in [-0.2, 0) is 4.79 Å². The first-order chi connectivity index (χ1) is 12.6. The minimum atomic E-state index is -0.170. The quantitative estimate of drug-likeness (QED) is 0.918. The molecule has 4 rings (SSSR count). The van der Waals surface area contributed by atoms with Gasteiger partial charge in [-0.3, -0.25) is 9.59 Å². The second-order valence-electron chi connectivity index (χ2n) is 6.50. The van der Waals surface area contributed by atoms with E-state index in [-0.39, 0.29) is 24.6 Å². The number of anilines is 1. The fourth-order valence-corrected chi connectivity index (χ4v) is 3.26. The summed E-state index contributed by atoms with van der Waals surface area (Å²) in [4.78, 5) is 26.1. The van der Waals surface area contributed by atoms with Crippen molar-refractivity contribution in [3.8, 4) is 11.5 Å². The topological polar surface area (TPSA) is 67.9 Å². The van der Waals surface area contributed by atoms with Gasteiger partial charge in [-0.2, -0.15) is 0 Å². The summed E-state index contributed by atoms with van der Waals surface area (Å²) >= 11 is 0. The number of nitrogens with zero attached hydrogens (tertiary/aromatic N) is 1. The largest absolute Gasteiger partial charge is 0.454 e. The summed E-state index contributed by atoms with van der Waals surface area (Å²) in [5.74, 6) is 1.40. The van der Waals surface area contributed by atoms with Crippen LogP contribution >= 0.6 is 0 Å². The van der Waals surface area contributed by atoms with Crippen LogP contribution in [0, 0.1) is 0 Å². The molecule has 26 heavy (non-hydrogen) atoms. The molecule has 0 saturated carbocycles.